The summed E-state index contributed by atoms with van der Waals surface area (Å²) in [5, 5.41) is 4.71. The van der Waals surface area contributed by atoms with Gasteiger partial charge in [-0.05, 0) is 92.7 Å². The Morgan fingerprint density at radius 3 is 1.48 bits per heavy atom. The van der Waals surface area contributed by atoms with Crippen LogP contribution in [0, 0.1) is 0 Å². The van der Waals surface area contributed by atoms with Crippen LogP contribution in [0.5, 0.6) is 0 Å². The van der Waals surface area contributed by atoms with Crippen molar-refractivity contribution in [3.8, 4) is 44.5 Å². The maximum absolute atomic E-state index is 6.37. The van der Waals surface area contributed by atoms with Crippen molar-refractivity contribution in [3.05, 3.63) is 212 Å². The lowest BCUT2D eigenvalue weighted by Crippen LogP contribution is -2.12. The summed E-state index contributed by atoms with van der Waals surface area (Å²) in [6, 6.07) is 76.0. The third-order valence-electron chi connectivity index (χ3n) is 10.5. The second-order valence-electron chi connectivity index (χ2n) is 13.7. The first-order chi connectivity index (χ1) is 26.8. The van der Waals surface area contributed by atoms with Gasteiger partial charge < -0.3 is 9.32 Å². The number of benzene rings is 9. The third kappa shape index (κ3) is 5.71. The molecule has 0 aliphatic rings. The van der Waals surface area contributed by atoms with Crippen LogP contribution >= 0.6 is 0 Å². The minimum Gasteiger partial charge on any atom is -0.456 e. The quantitative estimate of drug-likeness (QED) is 0.166. The fraction of sp³-hybridized carbons (Fsp3) is 0. The van der Waals surface area contributed by atoms with Crippen LogP contribution in [0.3, 0.4) is 0 Å². The predicted octanol–water partition coefficient (Wildman–Crippen LogP) is 14.9. The van der Waals surface area contributed by atoms with Gasteiger partial charge in [0.25, 0.3) is 0 Å². The summed E-state index contributed by atoms with van der Waals surface area (Å²) in [6.07, 6.45) is 0. The molecule has 0 atom stereocenters. The van der Waals surface area contributed by atoms with E-state index in [1.54, 1.807) is 0 Å². The predicted molar refractivity (Wildman–Crippen MR) is 228 cm³/mol. The highest BCUT2D eigenvalue weighted by molar-refractivity contribution is 6.06. The first-order valence-corrected chi connectivity index (χ1v) is 18.4. The third-order valence-corrected chi connectivity index (χ3v) is 10.5. The number of hydrogen-bond acceptors (Lipinski definition) is 2. The molecule has 0 aliphatic heterocycles. The highest BCUT2D eigenvalue weighted by Gasteiger charge is 2.21. The van der Waals surface area contributed by atoms with E-state index in [2.05, 4.69) is 205 Å². The largest absolute Gasteiger partial charge is 0.456 e. The lowest BCUT2D eigenvalue weighted by atomic mass is 9.96. The molecule has 0 spiro atoms. The van der Waals surface area contributed by atoms with Gasteiger partial charge in [-0.15, -0.1) is 0 Å². The molecule has 0 amide bonds. The SMILES string of the molecule is c1ccc(-c2ccc(-c3ccc(N(c4ccccc4-c4ccc5ccccc5c4)c4ccccc4-c4ccc5c(c4)oc4ccccc45)cc3)cc2)cc1. The smallest absolute Gasteiger partial charge is 0.136 e. The Morgan fingerprint density at radius 2 is 0.778 bits per heavy atom. The van der Waals surface area contributed by atoms with Crippen molar-refractivity contribution >= 4 is 49.8 Å². The van der Waals surface area contributed by atoms with Crippen molar-refractivity contribution in [3.63, 3.8) is 0 Å². The molecule has 0 radical (unpaired) electrons. The number of hydrogen-bond donors (Lipinski definition) is 0. The molecule has 254 valence electrons. The Labute approximate surface area is 314 Å². The molecular weight excluding hydrogens is 655 g/mol. The van der Waals surface area contributed by atoms with Gasteiger partial charge in [-0.25, -0.2) is 0 Å². The van der Waals surface area contributed by atoms with Gasteiger partial charge in [-0.3, -0.25) is 0 Å². The molecule has 10 rings (SSSR count). The molecule has 0 fully saturated rings. The van der Waals surface area contributed by atoms with E-state index >= 15 is 0 Å². The highest BCUT2D eigenvalue weighted by Crippen LogP contribution is 2.46. The van der Waals surface area contributed by atoms with Crippen LogP contribution in [0.1, 0.15) is 0 Å². The molecule has 2 heteroatoms. The van der Waals surface area contributed by atoms with Gasteiger partial charge in [0.2, 0.25) is 0 Å². The van der Waals surface area contributed by atoms with Crippen LogP contribution in [0.2, 0.25) is 0 Å². The molecule has 10 aromatic rings. The molecule has 0 bridgehead atoms. The number of para-hydroxylation sites is 3. The average molecular weight is 690 g/mol. The van der Waals surface area contributed by atoms with Crippen LogP contribution in [0.4, 0.5) is 17.1 Å². The topological polar surface area (TPSA) is 16.4 Å². The molecule has 9 aromatic carbocycles. The summed E-state index contributed by atoms with van der Waals surface area (Å²) in [7, 11) is 0. The Kier molecular flexibility index (Phi) is 7.85. The van der Waals surface area contributed by atoms with Crippen LogP contribution in [-0.2, 0) is 0 Å². The first-order valence-electron chi connectivity index (χ1n) is 18.4. The number of fused-ring (bicyclic) bond motifs is 4. The van der Waals surface area contributed by atoms with Crippen molar-refractivity contribution in [2.24, 2.45) is 0 Å². The maximum Gasteiger partial charge on any atom is 0.136 e. The Hall–Kier alpha value is -7.16. The standard InChI is InChI=1S/C52H35NO/c1-2-12-36(13-3-1)38-22-24-39(25-23-38)40-28-31-44(32-29-40)53(49-19-9-6-16-45(49)42-27-26-37-14-4-5-15-41(37)34-42)50-20-10-7-17-46(50)43-30-33-48-47-18-8-11-21-51(47)54-52(48)35-43/h1-35H. The van der Waals surface area contributed by atoms with E-state index in [0.717, 1.165) is 55.7 Å². The summed E-state index contributed by atoms with van der Waals surface area (Å²) in [5.74, 6) is 0. The van der Waals surface area contributed by atoms with Crippen LogP contribution < -0.4 is 4.90 Å². The van der Waals surface area contributed by atoms with Gasteiger partial charge in [-0.2, -0.15) is 0 Å². The molecule has 0 saturated carbocycles. The summed E-state index contributed by atoms with van der Waals surface area (Å²) in [6.45, 7) is 0. The minimum atomic E-state index is 0.884. The van der Waals surface area contributed by atoms with Crippen LogP contribution in [-0.4, -0.2) is 0 Å². The number of furan rings is 1. The highest BCUT2D eigenvalue weighted by atomic mass is 16.3. The van der Waals surface area contributed by atoms with E-state index in [4.69, 9.17) is 4.42 Å². The second kappa shape index (κ2) is 13.4. The van der Waals surface area contributed by atoms with Crippen molar-refractivity contribution in [1.29, 1.82) is 0 Å². The average Bonchev–Trinajstić information content (AvgIpc) is 3.63. The Bertz CT molecular complexity index is 2920. The number of anilines is 3. The van der Waals surface area contributed by atoms with E-state index in [9.17, 15) is 0 Å². The van der Waals surface area contributed by atoms with Gasteiger partial charge in [0.15, 0.2) is 0 Å². The lowest BCUT2D eigenvalue weighted by Gasteiger charge is -2.30. The molecular formula is C52H35NO. The van der Waals surface area contributed by atoms with Crippen molar-refractivity contribution in [1.82, 2.24) is 0 Å². The first kappa shape index (κ1) is 31.6. The van der Waals surface area contributed by atoms with Crippen LogP contribution in [0.15, 0.2) is 217 Å². The zero-order valence-electron chi connectivity index (χ0n) is 29.6. The fourth-order valence-electron chi connectivity index (χ4n) is 7.77. The molecule has 1 aromatic heterocycles. The summed E-state index contributed by atoms with van der Waals surface area (Å²) in [5.41, 5.74) is 14.4. The van der Waals surface area contributed by atoms with Gasteiger partial charge in [-0.1, -0.05) is 164 Å². The van der Waals surface area contributed by atoms with Gasteiger partial charge in [0.05, 0.1) is 11.4 Å². The zero-order chi connectivity index (χ0) is 35.8. The summed E-state index contributed by atoms with van der Waals surface area (Å²) >= 11 is 0. The molecule has 2 nitrogen and oxygen atoms in total. The fourth-order valence-corrected chi connectivity index (χ4v) is 7.77. The zero-order valence-corrected chi connectivity index (χ0v) is 29.6. The van der Waals surface area contributed by atoms with E-state index in [1.807, 2.05) is 12.1 Å². The Balaban J connectivity index is 1.12. The Morgan fingerprint density at radius 1 is 0.296 bits per heavy atom. The van der Waals surface area contributed by atoms with E-state index < -0.39 is 0 Å². The van der Waals surface area contributed by atoms with Gasteiger partial charge in [0.1, 0.15) is 11.2 Å². The van der Waals surface area contributed by atoms with Crippen molar-refractivity contribution in [2.45, 2.75) is 0 Å². The molecule has 1 heterocycles. The number of nitrogens with zero attached hydrogens (tertiary/aromatic N) is 1. The second-order valence-corrected chi connectivity index (χ2v) is 13.7. The van der Waals surface area contributed by atoms with Gasteiger partial charge in [0, 0.05) is 27.6 Å². The molecule has 0 N–H and O–H groups in total. The monoisotopic (exact) mass is 689 g/mol. The normalized spacial score (nSPS) is 11.3. The summed E-state index contributed by atoms with van der Waals surface area (Å²) in [4.78, 5) is 2.41. The van der Waals surface area contributed by atoms with Gasteiger partial charge >= 0.3 is 0 Å². The van der Waals surface area contributed by atoms with Crippen LogP contribution in [0.25, 0.3) is 77.2 Å². The van der Waals surface area contributed by atoms with Crippen molar-refractivity contribution in [2.75, 3.05) is 4.90 Å². The van der Waals surface area contributed by atoms with E-state index in [1.165, 1.54) is 38.6 Å². The molecule has 0 unspecified atom stereocenters. The summed E-state index contributed by atoms with van der Waals surface area (Å²) < 4.78 is 6.37. The molecule has 0 saturated heterocycles. The molecule has 0 aliphatic carbocycles. The minimum absolute atomic E-state index is 0.884. The van der Waals surface area contributed by atoms with E-state index in [0.29, 0.717) is 0 Å². The molecule has 54 heavy (non-hydrogen) atoms. The maximum atomic E-state index is 6.37. The lowest BCUT2D eigenvalue weighted by molar-refractivity contribution is 0.669. The number of rotatable bonds is 7. The van der Waals surface area contributed by atoms with E-state index in [-0.39, 0.29) is 0 Å². The van der Waals surface area contributed by atoms with Crippen molar-refractivity contribution < 1.29 is 4.42 Å².